The van der Waals surface area contributed by atoms with E-state index in [9.17, 15) is 13.2 Å². The van der Waals surface area contributed by atoms with E-state index in [1.807, 2.05) is 6.07 Å². The van der Waals surface area contributed by atoms with E-state index in [1.165, 1.54) is 0 Å². The predicted octanol–water partition coefficient (Wildman–Crippen LogP) is 3.74. The van der Waals surface area contributed by atoms with Crippen LogP contribution in [0.2, 0.25) is 0 Å². The predicted molar refractivity (Wildman–Crippen MR) is 48.0 cm³/mol. The van der Waals surface area contributed by atoms with Crippen LogP contribution in [0, 0.1) is 5.92 Å². The monoisotopic (exact) mass is 200 g/mol. The lowest BCUT2D eigenvalue weighted by Gasteiger charge is -2.38. The third-order valence-electron chi connectivity index (χ3n) is 2.92. The van der Waals surface area contributed by atoms with Crippen LogP contribution in [0.3, 0.4) is 0 Å². The molecule has 0 aliphatic heterocycles. The zero-order valence-electron chi connectivity index (χ0n) is 7.59. The van der Waals surface area contributed by atoms with Gasteiger partial charge in [0.1, 0.15) is 0 Å². The van der Waals surface area contributed by atoms with Crippen molar-refractivity contribution < 1.29 is 13.2 Å². The number of hydrogen-bond donors (Lipinski definition) is 0. The highest BCUT2D eigenvalue weighted by Crippen LogP contribution is 2.50. The van der Waals surface area contributed by atoms with Crippen molar-refractivity contribution in [2.45, 2.75) is 24.9 Å². The molecule has 0 spiro atoms. The second-order valence-electron chi connectivity index (χ2n) is 3.74. The largest absolute Gasteiger partial charge is 0.392 e. The van der Waals surface area contributed by atoms with E-state index in [2.05, 4.69) is 0 Å². The number of halogens is 3. The fourth-order valence-electron chi connectivity index (χ4n) is 1.99. The standard InChI is InChI=1S/C11H11F3/c12-11(13,14)10-7-6-9(10)8-4-2-1-3-5-8/h1-5,9-10H,6-7H2. The van der Waals surface area contributed by atoms with E-state index in [0.717, 1.165) is 5.56 Å². The molecule has 1 aromatic rings. The molecular weight excluding hydrogens is 189 g/mol. The minimum absolute atomic E-state index is 0.281. The van der Waals surface area contributed by atoms with Crippen molar-refractivity contribution in [3.63, 3.8) is 0 Å². The molecule has 1 saturated carbocycles. The van der Waals surface area contributed by atoms with Gasteiger partial charge in [0.05, 0.1) is 5.92 Å². The summed E-state index contributed by atoms with van der Waals surface area (Å²) in [5.74, 6) is -1.43. The molecule has 0 bridgehead atoms. The molecule has 0 saturated heterocycles. The van der Waals surface area contributed by atoms with Crippen molar-refractivity contribution in [3.8, 4) is 0 Å². The molecular formula is C11H11F3. The topological polar surface area (TPSA) is 0 Å². The molecule has 1 aromatic carbocycles. The van der Waals surface area contributed by atoms with Gasteiger partial charge in [0.25, 0.3) is 0 Å². The molecule has 0 amide bonds. The normalized spacial score (nSPS) is 27.1. The van der Waals surface area contributed by atoms with E-state index in [0.29, 0.717) is 6.42 Å². The minimum Gasteiger partial charge on any atom is -0.171 e. The molecule has 0 heterocycles. The summed E-state index contributed by atoms with van der Waals surface area (Å²) in [6.07, 6.45) is -3.09. The molecule has 1 aliphatic carbocycles. The van der Waals surface area contributed by atoms with E-state index < -0.39 is 12.1 Å². The Morgan fingerprint density at radius 3 is 2.07 bits per heavy atom. The summed E-state index contributed by atoms with van der Waals surface area (Å²) in [4.78, 5) is 0. The Hall–Kier alpha value is -0.990. The van der Waals surface area contributed by atoms with Crippen molar-refractivity contribution >= 4 is 0 Å². The first-order chi connectivity index (χ1) is 6.59. The van der Waals surface area contributed by atoms with Crippen molar-refractivity contribution in [2.24, 2.45) is 5.92 Å². The van der Waals surface area contributed by atoms with Crippen LogP contribution in [0.1, 0.15) is 24.3 Å². The lowest BCUT2D eigenvalue weighted by Crippen LogP contribution is -2.36. The van der Waals surface area contributed by atoms with E-state index in [-0.39, 0.29) is 12.3 Å². The molecule has 0 N–H and O–H groups in total. The maximum Gasteiger partial charge on any atom is 0.392 e. The summed E-state index contributed by atoms with van der Waals surface area (Å²) < 4.78 is 37.3. The van der Waals surface area contributed by atoms with Gasteiger partial charge in [0.2, 0.25) is 0 Å². The van der Waals surface area contributed by atoms with E-state index in [4.69, 9.17) is 0 Å². The Balaban J connectivity index is 2.15. The van der Waals surface area contributed by atoms with Crippen LogP contribution in [-0.4, -0.2) is 6.18 Å². The summed E-state index contributed by atoms with van der Waals surface area (Å²) in [6.45, 7) is 0. The minimum atomic E-state index is -4.03. The summed E-state index contributed by atoms with van der Waals surface area (Å²) in [6, 6.07) is 8.97. The van der Waals surface area contributed by atoms with Crippen LogP contribution in [0.4, 0.5) is 13.2 Å². The molecule has 1 fully saturated rings. The van der Waals surface area contributed by atoms with Gasteiger partial charge >= 0.3 is 6.18 Å². The van der Waals surface area contributed by atoms with Gasteiger partial charge < -0.3 is 0 Å². The first kappa shape index (κ1) is 9.56. The van der Waals surface area contributed by atoms with Crippen LogP contribution in [0.25, 0.3) is 0 Å². The van der Waals surface area contributed by atoms with Gasteiger partial charge in [-0.25, -0.2) is 0 Å². The molecule has 0 nitrogen and oxygen atoms in total. The average molecular weight is 200 g/mol. The maximum absolute atomic E-state index is 12.4. The number of hydrogen-bond acceptors (Lipinski definition) is 0. The molecule has 2 rings (SSSR count). The number of alkyl halides is 3. The van der Waals surface area contributed by atoms with Crippen LogP contribution < -0.4 is 0 Å². The Bertz CT molecular complexity index is 302. The quantitative estimate of drug-likeness (QED) is 0.647. The average Bonchev–Trinajstić information content (AvgIpc) is 2.00. The van der Waals surface area contributed by atoms with Crippen LogP contribution >= 0.6 is 0 Å². The van der Waals surface area contributed by atoms with Crippen LogP contribution in [0.5, 0.6) is 0 Å². The Morgan fingerprint density at radius 1 is 1.00 bits per heavy atom. The highest BCUT2D eigenvalue weighted by molar-refractivity contribution is 5.23. The van der Waals surface area contributed by atoms with Gasteiger partial charge in [-0.2, -0.15) is 13.2 Å². The number of rotatable bonds is 1. The summed E-state index contributed by atoms with van der Waals surface area (Å²) >= 11 is 0. The summed E-state index contributed by atoms with van der Waals surface area (Å²) in [5, 5.41) is 0. The van der Waals surface area contributed by atoms with Gasteiger partial charge in [0, 0.05) is 0 Å². The van der Waals surface area contributed by atoms with Crippen molar-refractivity contribution in [2.75, 3.05) is 0 Å². The van der Waals surface area contributed by atoms with E-state index in [1.54, 1.807) is 24.3 Å². The molecule has 1 aliphatic rings. The summed E-state index contributed by atoms with van der Waals surface area (Å²) in [5.41, 5.74) is 0.820. The van der Waals surface area contributed by atoms with Gasteiger partial charge in [-0.1, -0.05) is 30.3 Å². The van der Waals surface area contributed by atoms with Gasteiger partial charge in [-0.05, 0) is 24.3 Å². The Morgan fingerprint density at radius 2 is 1.64 bits per heavy atom. The van der Waals surface area contributed by atoms with Gasteiger partial charge in [0.15, 0.2) is 0 Å². The van der Waals surface area contributed by atoms with Crippen LogP contribution in [0.15, 0.2) is 30.3 Å². The molecule has 14 heavy (non-hydrogen) atoms. The van der Waals surface area contributed by atoms with Crippen molar-refractivity contribution in [1.82, 2.24) is 0 Å². The number of benzene rings is 1. The Labute approximate surface area is 80.7 Å². The van der Waals surface area contributed by atoms with Gasteiger partial charge in [-0.15, -0.1) is 0 Å². The highest BCUT2D eigenvalue weighted by Gasteiger charge is 2.50. The lowest BCUT2D eigenvalue weighted by atomic mass is 9.69. The molecule has 0 aromatic heterocycles. The zero-order chi connectivity index (χ0) is 10.2. The zero-order valence-corrected chi connectivity index (χ0v) is 7.59. The van der Waals surface area contributed by atoms with Crippen molar-refractivity contribution in [1.29, 1.82) is 0 Å². The second kappa shape index (κ2) is 3.30. The second-order valence-corrected chi connectivity index (χ2v) is 3.74. The molecule has 3 heteroatoms. The van der Waals surface area contributed by atoms with Crippen LogP contribution in [-0.2, 0) is 0 Å². The third kappa shape index (κ3) is 1.63. The molecule has 0 radical (unpaired) electrons. The lowest BCUT2D eigenvalue weighted by molar-refractivity contribution is -0.200. The third-order valence-corrected chi connectivity index (χ3v) is 2.92. The Kier molecular flexibility index (Phi) is 2.25. The molecule has 76 valence electrons. The smallest absolute Gasteiger partial charge is 0.171 e. The fraction of sp³-hybridized carbons (Fsp3) is 0.455. The first-order valence-electron chi connectivity index (χ1n) is 4.70. The summed E-state index contributed by atoms with van der Waals surface area (Å²) in [7, 11) is 0. The fourth-order valence-corrected chi connectivity index (χ4v) is 1.99. The first-order valence-corrected chi connectivity index (χ1v) is 4.70. The van der Waals surface area contributed by atoms with Crippen molar-refractivity contribution in [3.05, 3.63) is 35.9 Å². The molecule has 2 unspecified atom stereocenters. The van der Waals surface area contributed by atoms with Gasteiger partial charge in [-0.3, -0.25) is 0 Å². The SMILES string of the molecule is FC(F)(F)C1CCC1c1ccccc1. The highest BCUT2D eigenvalue weighted by atomic mass is 19.4. The molecule has 2 atom stereocenters. The van der Waals surface area contributed by atoms with E-state index >= 15 is 0 Å². The maximum atomic E-state index is 12.4.